The fourth-order valence-electron chi connectivity index (χ4n) is 4.51. The molecule has 1 saturated carbocycles. The van der Waals surface area contributed by atoms with Crippen molar-refractivity contribution in [1.29, 1.82) is 0 Å². The normalized spacial score (nSPS) is 23.6. The lowest BCUT2D eigenvalue weighted by molar-refractivity contribution is 0.122. The lowest BCUT2D eigenvalue weighted by Crippen LogP contribution is -2.36. The maximum Gasteiger partial charge on any atom is 0.238 e. The minimum atomic E-state index is -3.65. The predicted octanol–water partition coefficient (Wildman–Crippen LogP) is 3.02. The highest BCUT2D eigenvalue weighted by molar-refractivity contribution is 7.89. The van der Waals surface area contributed by atoms with Gasteiger partial charge in [0.1, 0.15) is 0 Å². The summed E-state index contributed by atoms with van der Waals surface area (Å²) in [4.78, 5) is 2.51. The van der Waals surface area contributed by atoms with Crippen LogP contribution in [0.1, 0.15) is 25.3 Å². The Balaban J connectivity index is 1.41. The first-order chi connectivity index (χ1) is 13.8. The first kappa shape index (κ1) is 20.2. The van der Waals surface area contributed by atoms with Gasteiger partial charge in [0.2, 0.25) is 10.0 Å². The van der Waals surface area contributed by atoms with E-state index in [1.54, 1.807) is 12.1 Å². The van der Waals surface area contributed by atoms with E-state index in [0.29, 0.717) is 11.8 Å². The molecular weight excluding hydrogens is 386 g/mol. The van der Waals surface area contributed by atoms with Gasteiger partial charge in [0.15, 0.2) is 0 Å². The summed E-state index contributed by atoms with van der Waals surface area (Å²) >= 11 is 0. The Morgan fingerprint density at radius 1 is 1.14 bits per heavy atom. The Kier molecular flexibility index (Phi) is 5.31. The summed E-state index contributed by atoms with van der Waals surface area (Å²) in [6.45, 7) is 8.82. The first-order valence-electron chi connectivity index (χ1n) is 10.1. The summed E-state index contributed by atoms with van der Waals surface area (Å²) in [5.41, 5.74) is 3.68. The summed E-state index contributed by atoms with van der Waals surface area (Å²) in [7, 11) is -3.65. The fraction of sp³-hybridized carbons (Fsp3) is 0.455. The molecule has 7 heteroatoms. The number of ether oxygens (including phenoxy) is 1. The molecule has 2 aliphatic rings. The molecule has 3 N–H and O–H groups in total. The van der Waals surface area contributed by atoms with Crippen molar-refractivity contribution in [3.63, 3.8) is 0 Å². The van der Waals surface area contributed by atoms with Crippen LogP contribution >= 0.6 is 0 Å². The van der Waals surface area contributed by atoms with Gasteiger partial charge < -0.3 is 15.0 Å². The van der Waals surface area contributed by atoms with Crippen LogP contribution in [0, 0.1) is 11.3 Å². The molecule has 1 heterocycles. The highest BCUT2D eigenvalue weighted by atomic mass is 32.2. The van der Waals surface area contributed by atoms with Gasteiger partial charge in [-0.1, -0.05) is 32.0 Å². The Labute approximate surface area is 173 Å². The van der Waals surface area contributed by atoms with E-state index in [-0.39, 0.29) is 10.3 Å². The van der Waals surface area contributed by atoms with Gasteiger partial charge in [-0.05, 0) is 53.1 Å². The number of nitrogens with two attached hydrogens (primary N) is 1. The molecule has 2 aromatic rings. The molecule has 6 nitrogen and oxygen atoms in total. The number of primary sulfonamides is 1. The number of nitrogens with one attached hydrogen (secondary N) is 1. The Hall–Kier alpha value is -2.09. The number of rotatable bonds is 6. The van der Waals surface area contributed by atoms with Crippen LogP contribution in [0.3, 0.4) is 0 Å². The van der Waals surface area contributed by atoms with Gasteiger partial charge in [-0.2, -0.15) is 0 Å². The summed E-state index contributed by atoms with van der Waals surface area (Å²) in [6, 6.07) is 15.6. The van der Waals surface area contributed by atoms with Gasteiger partial charge in [-0.3, -0.25) is 0 Å². The second-order valence-electron chi connectivity index (χ2n) is 8.55. The maximum atomic E-state index is 11.5. The number of hydrogen-bond donors (Lipinski definition) is 2. The first-order valence-corrected chi connectivity index (χ1v) is 11.6. The van der Waals surface area contributed by atoms with E-state index in [1.807, 2.05) is 12.1 Å². The zero-order valence-corrected chi connectivity index (χ0v) is 17.8. The SMILES string of the molecule is CC1(C)C(CNc2cccc(N3CCOCC3)c2)C1c1ccc(S(N)(=O)=O)cc1. The summed E-state index contributed by atoms with van der Waals surface area (Å²) in [5.74, 6) is 0.877. The van der Waals surface area contributed by atoms with Crippen LogP contribution in [0.5, 0.6) is 0 Å². The van der Waals surface area contributed by atoms with E-state index in [0.717, 1.165) is 44.1 Å². The molecule has 2 atom stereocenters. The molecule has 1 aliphatic heterocycles. The zero-order valence-electron chi connectivity index (χ0n) is 17.0. The van der Waals surface area contributed by atoms with Gasteiger partial charge in [-0.25, -0.2) is 13.6 Å². The number of morpholine rings is 1. The third-order valence-electron chi connectivity index (χ3n) is 6.37. The van der Waals surface area contributed by atoms with E-state index >= 15 is 0 Å². The van der Waals surface area contributed by atoms with Crippen molar-refractivity contribution in [1.82, 2.24) is 0 Å². The number of hydrogen-bond acceptors (Lipinski definition) is 5. The fourth-order valence-corrected chi connectivity index (χ4v) is 5.03. The van der Waals surface area contributed by atoms with Crippen LogP contribution in [0.15, 0.2) is 53.4 Å². The smallest absolute Gasteiger partial charge is 0.238 e. The van der Waals surface area contributed by atoms with E-state index in [9.17, 15) is 8.42 Å². The van der Waals surface area contributed by atoms with Crippen molar-refractivity contribution in [2.75, 3.05) is 43.1 Å². The average Bonchev–Trinajstić information content (AvgIpc) is 3.27. The molecule has 0 aromatic heterocycles. The van der Waals surface area contributed by atoms with Crippen LogP contribution in [0.4, 0.5) is 11.4 Å². The van der Waals surface area contributed by atoms with Crippen LogP contribution in [0.2, 0.25) is 0 Å². The average molecular weight is 416 g/mol. The second-order valence-corrected chi connectivity index (χ2v) is 10.1. The van der Waals surface area contributed by atoms with Crippen LogP contribution in [0.25, 0.3) is 0 Å². The topological polar surface area (TPSA) is 84.7 Å². The van der Waals surface area contributed by atoms with Crippen LogP contribution < -0.4 is 15.4 Å². The molecule has 2 fully saturated rings. The highest BCUT2D eigenvalue weighted by Crippen LogP contribution is 2.64. The van der Waals surface area contributed by atoms with Gasteiger partial charge in [0.25, 0.3) is 0 Å². The van der Waals surface area contributed by atoms with Crippen molar-refractivity contribution >= 4 is 21.4 Å². The molecule has 2 unspecified atom stereocenters. The van der Waals surface area contributed by atoms with E-state index in [2.05, 4.69) is 48.3 Å². The third-order valence-corrected chi connectivity index (χ3v) is 7.30. The molecule has 0 spiro atoms. The molecule has 156 valence electrons. The monoisotopic (exact) mass is 415 g/mol. The Morgan fingerprint density at radius 2 is 1.83 bits per heavy atom. The van der Waals surface area contributed by atoms with Gasteiger partial charge >= 0.3 is 0 Å². The number of nitrogens with zero attached hydrogens (tertiary/aromatic N) is 1. The number of anilines is 2. The lowest BCUT2D eigenvalue weighted by atomic mass is 10.0. The molecule has 2 aromatic carbocycles. The predicted molar refractivity (Wildman–Crippen MR) is 116 cm³/mol. The molecular formula is C22H29N3O3S. The second kappa shape index (κ2) is 7.63. The lowest BCUT2D eigenvalue weighted by Gasteiger charge is -2.29. The minimum absolute atomic E-state index is 0.161. The van der Waals surface area contributed by atoms with Crippen LogP contribution in [-0.2, 0) is 14.8 Å². The van der Waals surface area contributed by atoms with Crippen molar-refractivity contribution in [2.24, 2.45) is 16.5 Å². The Morgan fingerprint density at radius 3 is 2.48 bits per heavy atom. The van der Waals surface area contributed by atoms with E-state index in [1.165, 1.54) is 5.69 Å². The largest absolute Gasteiger partial charge is 0.385 e. The van der Waals surface area contributed by atoms with Crippen molar-refractivity contribution in [3.05, 3.63) is 54.1 Å². The van der Waals surface area contributed by atoms with Crippen LogP contribution in [-0.4, -0.2) is 41.3 Å². The Bertz CT molecular complexity index is 967. The number of benzene rings is 2. The molecule has 1 saturated heterocycles. The minimum Gasteiger partial charge on any atom is -0.385 e. The van der Waals surface area contributed by atoms with Crippen molar-refractivity contribution in [2.45, 2.75) is 24.7 Å². The number of sulfonamides is 1. The highest BCUT2D eigenvalue weighted by Gasteiger charge is 2.57. The molecule has 1 aliphatic carbocycles. The molecule has 4 rings (SSSR count). The van der Waals surface area contributed by atoms with E-state index < -0.39 is 10.0 Å². The quantitative estimate of drug-likeness (QED) is 0.758. The summed E-state index contributed by atoms with van der Waals surface area (Å²) in [6.07, 6.45) is 0. The molecule has 0 radical (unpaired) electrons. The van der Waals surface area contributed by atoms with Gasteiger partial charge in [0.05, 0.1) is 18.1 Å². The van der Waals surface area contributed by atoms with Crippen molar-refractivity contribution in [3.8, 4) is 0 Å². The van der Waals surface area contributed by atoms with Gasteiger partial charge in [0, 0.05) is 31.0 Å². The zero-order chi connectivity index (χ0) is 20.6. The maximum absolute atomic E-state index is 11.5. The summed E-state index contributed by atoms with van der Waals surface area (Å²) < 4.78 is 28.4. The van der Waals surface area contributed by atoms with E-state index in [4.69, 9.17) is 9.88 Å². The molecule has 29 heavy (non-hydrogen) atoms. The van der Waals surface area contributed by atoms with Gasteiger partial charge in [-0.15, -0.1) is 0 Å². The third kappa shape index (κ3) is 4.27. The molecule has 0 bridgehead atoms. The van der Waals surface area contributed by atoms with Crippen molar-refractivity contribution < 1.29 is 13.2 Å². The standard InChI is InChI=1S/C22H29N3O3S/c1-22(2)20(21(22)16-6-8-19(9-7-16)29(23,26)27)15-24-17-4-3-5-18(14-17)25-10-12-28-13-11-25/h3-9,14,20-21,24H,10-13,15H2,1-2H3,(H2,23,26,27). The molecule has 0 amide bonds. The summed E-state index contributed by atoms with van der Waals surface area (Å²) in [5, 5.41) is 8.81.